The van der Waals surface area contributed by atoms with Gasteiger partial charge >= 0.3 is 0 Å². The van der Waals surface area contributed by atoms with Gasteiger partial charge in [-0.25, -0.2) is 0 Å². The minimum Gasteiger partial charge on any atom is -0.395 e. The molecule has 0 atom stereocenters. The molecular weight excluding hydrogens is 234 g/mol. The number of hydrogen-bond acceptors (Lipinski definition) is 4. The summed E-state index contributed by atoms with van der Waals surface area (Å²) in [7, 11) is 0. The number of aromatic amines is 1. The van der Waals surface area contributed by atoms with E-state index in [4.69, 9.17) is 5.11 Å². The summed E-state index contributed by atoms with van der Waals surface area (Å²) in [6.07, 6.45) is 1.63. The van der Waals surface area contributed by atoms with Crippen molar-refractivity contribution in [2.75, 3.05) is 13.2 Å². The number of aliphatic hydroxyl groups is 1. The fourth-order valence-electron chi connectivity index (χ4n) is 1.89. The molecule has 0 aliphatic carbocycles. The molecule has 3 rings (SSSR count). The summed E-state index contributed by atoms with van der Waals surface area (Å²) in [5.41, 5.74) is 6.58. The average Bonchev–Trinajstić information content (AvgIpc) is 3.00. The van der Waals surface area contributed by atoms with Gasteiger partial charge in [0.15, 0.2) is 5.69 Å². The minimum absolute atomic E-state index is 0.102. The summed E-state index contributed by atoms with van der Waals surface area (Å²) < 4.78 is 0. The van der Waals surface area contributed by atoms with Gasteiger partial charge in [-0.2, -0.15) is 15.6 Å². The van der Waals surface area contributed by atoms with Crippen LogP contribution in [0.3, 0.4) is 0 Å². The van der Waals surface area contributed by atoms with Crippen LogP contribution in [0.4, 0.5) is 5.69 Å². The van der Waals surface area contributed by atoms with Crippen molar-refractivity contribution in [3.05, 3.63) is 23.4 Å². The molecule has 0 bridgehead atoms. The zero-order chi connectivity index (χ0) is 12.5. The van der Waals surface area contributed by atoms with Crippen molar-refractivity contribution in [1.29, 1.82) is 0 Å². The lowest BCUT2D eigenvalue weighted by Crippen LogP contribution is -2.26. The van der Waals surface area contributed by atoms with Crippen molar-refractivity contribution < 1.29 is 9.90 Å². The Bertz CT molecular complexity index is 646. The maximum Gasteiger partial charge on any atom is 0.272 e. The molecule has 1 aromatic heterocycles. The molecule has 18 heavy (non-hydrogen) atoms. The second-order valence-corrected chi connectivity index (χ2v) is 3.82. The van der Waals surface area contributed by atoms with Crippen LogP contribution in [0.5, 0.6) is 0 Å². The van der Waals surface area contributed by atoms with E-state index in [9.17, 15) is 4.79 Å². The lowest BCUT2D eigenvalue weighted by atomic mass is 10.1. The van der Waals surface area contributed by atoms with E-state index >= 15 is 0 Å². The molecule has 1 radical (unpaired) electrons. The highest BCUT2D eigenvalue weighted by atomic mass is 16.3. The first-order valence-corrected chi connectivity index (χ1v) is 5.45. The van der Waals surface area contributed by atoms with Gasteiger partial charge in [0.05, 0.1) is 24.0 Å². The van der Waals surface area contributed by atoms with Crippen molar-refractivity contribution in [2.45, 2.75) is 0 Å². The Hall–Kier alpha value is -2.41. The van der Waals surface area contributed by atoms with Crippen LogP contribution in [0, 0.1) is 0 Å². The largest absolute Gasteiger partial charge is 0.395 e. The lowest BCUT2D eigenvalue weighted by molar-refractivity contribution is 0.0941. The second kappa shape index (κ2) is 4.11. The van der Waals surface area contributed by atoms with Gasteiger partial charge in [0.25, 0.3) is 5.91 Å². The third-order valence-corrected chi connectivity index (χ3v) is 2.72. The normalized spacial score (nSPS) is 12.5. The van der Waals surface area contributed by atoms with Crippen LogP contribution >= 0.6 is 0 Å². The van der Waals surface area contributed by atoms with Gasteiger partial charge in [-0.3, -0.25) is 9.89 Å². The van der Waals surface area contributed by atoms with E-state index < -0.39 is 0 Å². The van der Waals surface area contributed by atoms with Crippen LogP contribution in [0.1, 0.15) is 16.1 Å². The van der Waals surface area contributed by atoms with Crippen LogP contribution in [-0.4, -0.2) is 40.6 Å². The highest BCUT2D eigenvalue weighted by molar-refractivity contribution is 6.11. The number of aliphatic hydroxyl groups excluding tert-OH is 1. The smallest absolute Gasteiger partial charge is 0.272 e. The number of H-pyrrole nitrogens is 1. The first-order valence-electron chi connectivity index (χ1n) is 5.45. The number of carbonyl (C=O) groups excluding carboxylic acids is 1. The van der Waals surface area contributed by atoms with Gasteiger partial charge in [0.2, 0.25) is 0 Å². The zero-order valence-electron chi connectivity index (χ0n) is 9.34. The van der Waals surface area contributed by atoms with Gasteiger partial charge in [-0.05, 0) is 12.1 Å². The van der Waals surface area contributed by atoms with Crippen LogP contribution in [-0.2, 0) is 0 Å². The summed E-state index contributed by atoms with van der Waals surface area (Å²) in [6.45, 7) is 0.101. The molecule has 1 aromatic carbocycles. The monoisotopic (exact) mass is 244 g/mol. The molecule has 1 aliphatic heterocycles. The molecule has 1 amide bonds. The molecular formula is C11H10N5O2. The third-order valence-electron chi connectivity index (χ3n) is 2.72. The van der Waals surface area contributed by atoms with Crippen LogP contribution in [0.2, 0.25) is 0 Å². The highest BCUT2D eigenvalue weighted by Gasteiger charge is 2.19. The van der Waals surface area contributed by atoms with Crippen molar-refractivity contribution >= 4 is 28.7 Å². The summed E-state index contributed by atoms with van der Waals surface area (Å²) in [6, 6.07) is 3.58. The fourth-order valence-corrected chi connectivity index (χ4v) is 1.89. The van der Waals surface area contributed by atoms with Crippen LogP contribution in [0.25, 0.3) is 10.9 Å². The van der Waals surface area contributed by atoms with E-state index in [0.29, 0.717) is 11.1 Å². The predicted octanol–water partition coefficient (Wildman–Crippen LogP) is -0.132. The standard InChI is InChI=1S/C11H10N5O2/c17-4-3-12-11(18)10-6-1-2-8-7(5-13-14-8)9(6)15-16-10/h1-2,5,17H,3-4H2,(H,12,18)(H,15,16). The van der Waals surface area contributed by atoms with Crippen molar-refractivity contribution in [1.82, 2.24) is 20.9 Å². The Morgan fingerprint density at radius 3 is 3.17 bits per heavy atom. The predicted molar refractivity (Wildman–Crippen MR) is 64.9 cm³/mol. The molecule has 7 nitrogen and oxygen atoms in total. The Labute approximate surface area is 102 Å². The van der Waals surface area contributed by atoms with Gasteiger partial charge in [-0.1, -0.05) is 0 Å². The average molecular weight is 244 g/mol. The summed E-state index contributed by atoms with van der Waals surface area (Å²) in [5.74, 6) is -0.317. The number of amides is 1. The molecule has 2 heterocycles. The highest BCUT2D eigenvalue weighted by Crippen LogP contribution is 2.28. The molecule has 91 valence electrons. The number of rotatable bonds is 3. The first kappa shape index (κ1) is 10.7. The Kier molecular flexibility index (Phi) is 2.45. The van der Waals surface area contributed by atoms with Crippen molar-refractivity contribution in [2.24, 2.45) is 5.10 Å². The third kappa shape index (κ3) is 1.52. The van der Waals surface area contributed by atoms with Gasteiger partial charge in [-0.15, -0.1) is 0 Å². The number of nitrogens with zero attached hydrogens (tertiary/aromatic N) is 3. The Morgan fingerprint density at radius 2 is 2.33 bits per heavy atom. The minimum atomic E-state index is -0.317. The van der Waals surface area contributed by atoms with Crippen molar-refractivity contribution in [3.63, 3.8) is 0 Å². The zero-order valence-corrected chi connectivity index (χ0v) is 9.34. The second-order valence-electron chi connectivity index (χ2n) is 3.82. The van der Waals surface area contributed by atoms with Gasteiger partial charge in [0.1, 0.15) is 0 Å². The van der Waals surface area contributed by atoms with Gasteiger partial charge in [0, 0.05) is 17.5 Å². The SMILES string of the molecule is O=C(NCCO)c1n[nH]c2c3c(ccc12)[N]N=C3. The van der Waals surface area contributed by atoms with Crippen LogP contribution in [0.15, 0.2) is 17.2 Å². The summed E-state index contributed by atoms with van der Waals surface area (Å²) >= 11 is 0. The van der Waals surface area contributed by atoms with Crippen LogP contribution < -0.4 is 10.7 Å². The topological polar surface area (TPSA) is 104 Å². The fraction of sp³-hybridized carbons (Fsp3) is 0.182. The number of nitrogens with one attached hydrogen (secondary N) is 2. The molecule has 0 unspecified atom stereocenters. The maximum atomic E-state index is 11.8. The maximum absolute atomic E-state index is 11.8. The van der Waals surface area contributed by atoms with E-state index in [1.54, 1.807) is 18.3 Å². The number of benzene rings is 1. The lowest BCUT2D eigenvalue weighted by Gasteiger charge is -2.00. The first-order chi connectivity index (χ1) is 8.81. The molecule has 0 spiro atoms. The number of hydrogen-bond donors (Lipinski definition) is 3. The van der Waals surface area contributed by atoms with E-state index in [0.717, 1.165) is 16.8 Å². The number of fused-ring (bicyclic) bond motifs is 3. The molecule has 2 aromatic rings. The van der Waals surface area contributed by atoms with E-state index in [2.05, 4.69) is 26.0 Å². The summed E-state index contributed by atoms with van der Waals surface area (Å²) in [5, 5.41) is 22.6. The van der Waals surface area contributed by atoms with E-state index in [1.165, 1.54) is 0 Å². The number of aromatic nitrogens is 2. The molecule has 1 aliphatic rings. The molecule has 0 saturated heterocycles. The Balaban J connectivity index is 2.05. The van der Waals surface area contributed by atoms with Crippen molar-refractivity contribution in [3.8, 4) is 0 Å². The molecule has 0 fully saturated rings. The van der Waals surface area contributed by atoms with E-state index in [-0.39, 0.29) is 19.1 Å². The molecule has 0 saturated carbocycles. The molecule has 3 N–H and O–H groups in total. The Morgan fingerprint density at radius 1 is 1.44 bits per heavy atom. The quantitative estimate of drug-likeness (QED) is 0.700. The molecule has 7 heteroatoms. The van der Waals surface area contributed by atoms with E-state index in [1.807, 2.05) is 0 Å². The number of carbonyl (C=O) groups is 1. The van der Waals surface area contributed by atoms with Gasteiger partial charge < -0.3 is 10.4 Å². The summed E-state index contributed by atoms with van der Waals surface area (Å²) in [4.78, 5) is 11.8.